The number of hydrogen-bond donors (Lipinski definition) is 0. The van der Waals surface area contributed by atoms with Crippen molar-refractivity contribution in [3.05, 3.63) is 0 Å². The monoisotopic (exact) mass is 166 g/mol. The van der Waals surface area contributed by atoms with Gasteiger partial charge in [0, 0.05) is 7.05 Å². The van der Waals surface area contributed by atoms with E-state index in [2.05, 4.69) is 4.99 Å². The fourth-order valence-corrected chi connectivity index (χ4v) is 2.18. The third-order valence-corrected chi connectivity index (χ3v) is 2.99. The van der Waals surface area contributed by atoms with Gasteiger partial charge in [0.15, 0.2) is 0 Å². The van der Waals surface area contributed by atoms with Gasteiger partial charge < -0.3 is 4.90 Å². The minimum Gasteiger partial charge on any atom is -0.302 e. The molecule has 0 saturated heterocycles. The average Bonchev–Trinajstić information content (AvgIpc) is 2.57. The molecule has 0 aromatic carbocycles. The largest absolute Gasteiger partial charge is 0.302 e. The van der Waals surface area contributed by atoms with Gasteiger partial charge in [-0.2, -0.15) is 0 Å². The molecule has 2 aliphatic rings. The summed E-state index contributed by atoms with van der Waals surface area (Å²) < 4.78 is 0. The molecule has 2 rings (SSSR count). The van der Waals surface area contributed by atoms with Crippen LogP contribution in [0.25, 0.3) is 0 Å². The van der Waals surface area contributed by atoms with Crippen molar-refractivity contribution in [2.24, 2.45) is 4.99 Å². The molecule has 12 heavy (non-hydrogen) atoms. The van der Waals surface area contributed by atoms with E-state index in [1.807, 2.05) is 14.0 Å². The van der Waals surface area contributed by atoms with E-state index in [0.29, 0.717) is 0 Å². The number of carbonyl (C=O) groups excluding carboxylic acids is 1. The van der Waals surface area contributed by atoms with Crippen molar-refractivity contribution in [1.82, 2.24) is 4.90 Å². The summed E-state index contributed by atoms with van der Waals surface area (Å²) in [5.41, 5.74) is -0.334. The highest BCUT2D eigenvalue weighted by Crippen LogP contribution is 2.38. The molecule has 0 N–H and O–H groups in total. The predicted molar refractivity (Wildman–Crippen MR) is 47.1 cm³/mol. The molecule has 1 saturated carbocycles. The first-order chi connectivity index (χ1) is 5.66. The number of likely N-dealkylation sites (N-methyl/N-ethyl adjacent to an activating group) is 1. The number of nitrogens with zero attached hydrogens (tertiary/aromatic N) is 2. The highest BCUT2D eigenvalue weighted by atomic mass is 16.2. The minimum absolute atomic E-state index is 0.206. The first kappa shape index (κ1) is 7.77. The molecule has 1 heterocycles. The van der Waals surface area contributed by atoms with Crippen LogP contribution in [-0.4, -0.2) is 29.2 Å². The maximum atomic E-state index is 11.8. The van der Waals surface area contributed by atoms with Crippen molar-refractivity contribution < 1.29 is 4.79 Å². The number of aliphatic imine (C=N–C) groups is 1. The Morgan fingerprint density at radius 3 is 2.42 bits per heavy atom. The van der Waals surface area contributed by atoms with Crippen molar-refractivity contribution >= 4 is 11.7 Å². The molecule has 1 aliphatic heterocycles. The Morgan fingerprint density at radius 2 is 2.00 bits per heavy atom. The lowest BCUT2D eigenvalue weighted by atomic mass is 9.98. The first-order valence-electron chi connectivity index (χ1n) is 4.50. The van der Waals surface area contributed by atoms with Crippen LogP contribution in [0.3, 0.4) is 0 Å². The van der Waals surface area contributed by atoms with E-state index in [1.165, 1.54) is 0 Å². The van der Waals surface area contributed by atoms with Gasteiger partial charge in [0.05, 0.1) is 0 Å². The Balaban J connectivity index is 2.34. The summed E-state index contributed by atoms with van der Waals surface area (Å²) in [6.07, 6.45) is 4.20. The fraction of sp³-hybridized carbons (Fsp3) is 0.778. The van der Waals surface area contributed by atoms with Crippen molar-refractivity contribution in [1.29, 1.82) is 0 Å². The van der Waals surface area contributed by atoms with Crippen molar-refractivity contribution in [3.63, 3.8) is 0 Å². The molecule has 3 heteroatoms. The lowest BCUT2D eigenvalue weighted by molar-refractivity contribution is -0.130. The zero-order valence-electron chi connectivity index (χ0n) is 7.63. The number of carbonyl (C=O) groups is 1. The normalized spacial score (nSPS) is 27.0. The molecular formula is C9H14N2O. The highest BCUT2D eigenvalue weighted by Gasteiger charge is 2.47. The van der Waals surface area contributed by atoms with Crippen LogP contribution in [0.5, 0.6) is 0 Å². The second-order valence-electron chi connectivity index (χ2n) is 3.76. The van der Waals surface area contributed by atoms with Gasteiger partial charge in [-0.25, -0.2) is 0 Å². The van der Waals surface area contributed by atoms with Gasteiger partial charge in [0.25, 0.3) is 5.91 Å². The van der Waals surface area contributed by atoms with E-state index in [-0.39, 0.29) is 11.4 Å². The molecule has 0 unspecified atom stereocenters. The van der Waals surface area contributed by atoms with Gasteiger partial charge in [0.2, 0.25) is 0 Å². The Hall–Kier alpha value is -0.860. The van der Waals surface area contributed by atoms with Gasteiger partial charge in [-0.1, -0.05) is 12.8 Å². The van der Waals surface area contributed by atoms with Crippen LogP contribution in [0.4, 0.5) is 0 Å². The van der Waals surface area contributed by atoms with Crippen LogP contribution in [-0.2, 0) is 4.79 Å². The van der Waals surface area contributed by atoms with Crippen LogP contribution in [0.15, 0.2) is 4.99 Å². The molecular weight excluding hydrogens is 152 g/mol. The molecule has 1 aliphatic carbocycles. The lowest BCUT2D eigenvalue weighted by Crippen LogP contribution is -2.38. The van der Waals surface area contributed by atoms with Crippen LogP contribution < -0.4 is 0 Å². The summed E-state index contributed by atoms with van der Waals surface area (Å²) >= 11 is 0. The average molecular weight is 166 g/mol. The molecule has 1 amide bonds. The molecule has 0 atom stereocenters. The summed E-state index contributed by atoms with van der Waals surface area (Å²) in [6, 6.07) is 0. The zero-order chi connectivity index (χ0) is 8.77. The van der Waals surface area contributed by atoms with Gasteiger partial charge in [-0.05, 0) is 19.8 Å². The van der Waals surface area contributed by atoms with Gasteiger partial charge >= 0.3 is 0 Å². The minimum atomic E-state index is -0.334. The maximum absolute atomic E-state index is 11.8. The van der Waals surface area contributed by atoms with E-state index >= 15 is 0 Å². The van der Waals surface area contributed by atoms with E-state index in [9.17, 15) is 4.79 Å². The number of hydrogen-bond acceptors (Lipinski definition) is 2. The Labute approximate surface area is 72.5 Å². The number of amidine groups is 1. The summed E-state index contributed by atoms with van der Waals surface area (Å²) in [6.45, 7) is 1.91. The number of rotatable bonds is 0. The second kappa shape index (κ2) is 2.31. The summed E-state index contributed by atoms with van der Waals surface area (Å²) in [5, 5.41) is 0. The molecule has 66 valence electrons. The molecule has 1 fully saturated rings. The second-order valence-corrected chi connectivity index (χ2v) is 3.76. The predicted octanol–water partition coefficient (Wildman–Crippen LogP) is 1.19. The van der Waals surface area contributed by atoms with E-state index in [1.54, 1.807) is 4.90 Å². The van der Waals surface area contributed by atoms with E-state index in [0.717, 1.165) is 31.5 Å². The SMILES string of the molecule is CC1=NC2(CCCC2)C(=O)N1C. The van der Waals surface area contributed by atoms with Gasteiger partial charge in [-0.15, -0.1) is 0 Å². The standard InChI is InChI=1S/C9H14N2O/c1-7-10-9(5-3-4-6-9)8(12)11(7)2/h3-6H2,1-2H3. The van der Waals surface area contributed by atoms with Gasteiger partial charge in [0.1, 0.15) is 11.4 Å². The van der Waals surface area contributed by atoms with E-state index in [4.69, 9.17) is 0 Å². The van der Waals surface area contributed by atoms with Crippen LogP contribution in [0.1, 0.15) is 32.6 Å². The molecule has 3 nitrogen and oxygen atoms in total. The number of amides is 1. The van der Waals surface area contributed by atoms with Crippen LogP contribution in [0.2, 0.25) is 0 Å². The maximum Gasteiger partial charge on any atom is 0.255 e. The molecule has 0 aromatic heterocycles. The van der Waals surface area contributed by atoms with Crippen molar-refractivity contribution in [3.8, 4) is 0 Å². The Kier molecular flexibility index (Phi) is 1.50. The van der Waals surface area contributed by atoms with Gasteiger partial charge in [-0.3, -0.25) is 9.79 Å². The summed E-state index contributed by atoms with van der Waals surface area (Å²) in [7, 11) is 1.81. The highest BCUT2D eigenvalue weighted by molar-refractivity contribution is 6.07. The first-order valence-corrected chi connectivity index (χ1v) is 4.50. The molecule has 0 aromatic rings. The molecule has 1 spiro atoms. The van der Waals surface area contributed by atoms with E-state index < -0.39 is 0 Å². The third-order valence-electron chi connectivity index (χ3n) is 2.99. The Morgan fingerprint density at radius 1 is 1.42 bits per heavy atom. The quantitative estimate of drug-likeness (QED) is 0.532. The third kappa shape index (κ3) is 0.822. The summed E-state index contributed by atoms with van der Waals surface area (Å²) in [4.78, 5) is 17.9. The summed E-state index contributed by atoms with van der Waals surface area (Å²) in [5.74, 6) is 1.08. The van der Waals surface area contributed by atoms with Crippen molar-refractivity contribution in [2.45, 2.75) is 38.1 Å². The smallest absolute Gasteiger partial charge is 0.255 e. The lowest BCUT2D eigenvalue weighted by Gasteiger charge is -2.17. The zero-order valence-corrected chi connectivity index (χ0v) is 7.63. The van der Waals surface area contributed by atoms with Crippen LogP contribution in [0, 0.1) is 0 Å². The Bertz CT molecular complexity index is 251. The topological polar surface area (TPSA) is 32.7 Å². The molecule has 0 bridgehead atoms. The fourth-order valence-electron chi connectivity index (χ4n) is 2.18. The molecule has 0 radical (unpaired) electrons. The van der Waals surface area contributed by atoms with Crippen LogP contribution >= 0.6 is 0 Å². The van der Waals surface area contributed by atoms with Crippen molar-refractivity contribution in [2.75, 3.05) is 7.05 Å².